The smallest absolute Gasteiger partial charge is 0.236 e. The number of para-hydroxylation sites is 2. The largest absolute Gasteiger partial charge is 0.456 e. The summed E-state index contributed by atoms with van der Waals surface area (Å²) in [7, 11) is 1.86. The molecule has 4 nitrogen and oxygen atoms in total. The summed E-state index contributed by atoms with van der Waals surface area (Å²) in [5.74, 6) is 0.183. The normalized spacial score (nSPS) is 16.8. The molecule has 22 heavy (non-hydrogen) atoms. The molecule has 4 rings (SSSR count). The van der Waals surface area contributed by atoms with Gasteiger partial charge in [0.1, 0.15) is 11.2 Å². The van der Waals surface area contributed by atoms with Crippen molar-refractivity contribution in [2.24, 2.45) is 0 Å². The molecule has 1 amide bonds. The van der Waals surface area contributed by atoms with Crippen LogP contribution < -0.4 is 0 Å². The van der Waals surface area contributed by atoms with Crippen LogP contribution in [0.5, 0.6) is 0 Å². The molecule has 1 aliphatic rings. The van der Waals surface area contributed by atoms with Gasteiger partial charge < -0.3 is 9.32 Å². The molecule has 0 N–H and O–H groups in total. The Bertz CT molecular complexity index is 853. The van der Waals surface area contributed by atoms with E-state index in [1.807, 2.05) is 25.2 Å². The lowest BCUT2D eigenvalue weighted by Gasteiger charge is -2.31. The fourth-order valence-electron chi connectivity index (χ4n) is 3.11. The van der Waals surface area contributed by atoms with Crippen molar-refractivity contribution in [3.63, 3.8) is 0 Å². The van der Waals surface area contributed by atoms with E-state index in [1.54, 1.807) is 4.90 Å². The fraction of sp³-hybridized carbons (Fsp3) is 0.278. The minimum atomic E-state index is 0.183. The minimum absolute atomic E-state index is 0.183. The molecule has 0 aliphatic carbocycles. The topological polar surface area (TPSA) is 36.7 Å². The molecule has 1 saturated heterocycles. The Balaban J connectivity index is 1.71. The highest BCUT2D eigenvalue weighted by Gasteiger charge is 2.22. The molecule has 2 aromatic carbocycles. The Morgan fingerprint density at radius 2 is 1.86 bits per heavy atom. The van der Waals surface area contributed by atoms with Gasteiger partial charge in [0.25, 0.3) is 0 Å². The molecule has 1 aliphatic heterocycles. The van der Waals surface area contributed by atoms with Crippen LogP contribution in [0.25, 0.3) is 21.9 Å². The third kappa shape index (κ3) is 2.16. The summed E-state index contributed by atoms with van der Waals surface area (Å²) in [5.41, 5.74) is 3.00. The van der Waals surface area contributed by atoms with Crippen molar-refractivity contribution in [3.05, 3.63) is 48.0 Å². The predicted molar refractivity (Wildman–Crippen MR) is 86.6 cm³/mol. The van der Waals surface area contributed by atoms with Gasteiger partial charge in [0.2, 0.25) is 5.91 Å². The summed E-state index contributed by atoms with van der Waals surface area (Å²) in [4.78, 5) is 15.8. The van der Waals surface area contributed by atoms with Crippen molar-refractivity contribution in [2.45, 2.75) is 6.54 Å². The lowest BCUT2D eigenvalue weighted by atomic mass is 10.1. The molecule has 0 unspecified atom stereocenters. The number of nitrogens with zero attached hydrogens (tertiary/aromatic N) is 2. The van der Waals surface area contributed by atoms with Gasteiger partial charge in [0, 0.05) is 43.0 Å². The highest BCUT2D eigenvalue weighted by atomic mass is 16.3. The van der Waals surface area contributed by atoms with Gasteiger partial charge >= 0.3 is 0 Å². The van der Waals surface area contributed by atoms with Crippen molar-refractivity contribution < 1.29 is 9.21 Å². The Hall–Kier alpha value is -2.33. The average molecular weight is 294 g/mol. The number of rotatable bonds is 2. The van der Waals surface area contributed by atoms with Gasteiger partial charge in [-0.15, -0.1) is 0 Å². The van der Waals surface area contributed by atoms with Crippen LogP contribution in [0.3, 0.4) is 0 Å². The van der Waals surface area contributed by atoms with Crippen molar-refractivity contribution in [1.29, 1.82) is 0 Å². The van der Waals surface area contributed by atoms with Crippen LogP contribution in [0, 0.1) is 0 Å². The van der Waals surface area contributed by atoms with E-state index in [0.717, 1.165) is 47.1 Å². The van der Waals surface area contributed by atoms with Crippen LogP contribution in [-0.2, 0) is 11.3 Å². The molecule has 1 fully saturated rings. The van der Waals surface area contributed by atoms with Crippen LogP contribution >= 0.6 is 0 Å². The summed E-state index contributed by atoms with van der Waals surface area (Å²) in [6, 6.07) is 14.4. The molecular formula is C18H18N2O2. The standard InChI is InChI=1S/C18H18N2O2/c1-19-9-10-20(12-17(19)21)11-13-5-4-7-15-14-6-2-3-8-16(14)22-18(13)15/h2-8H,9-12H2,1H3. The van der Waals surface area contributed by atoms with Gasteiger partial charge in [-0.05, 0) is 6.07 Å². The van der Waals surface area contributed by atoms with Crippen LogP contribution in [0.4, 0.5) is 0 Å². The van der Waals surface area contributed by atoms with E-state index in [2.05, 4.69) is 29.2 Å². The molecule has 112 valence electrons. The summed E-state index contributed by atoms with van der Waals surface area (Å²) in [6.07, 6.45) is 0. The second-order valence-corrected chi connectivity index (χ2v) is 5.92. The molecule has 0 atom stereocenters. The van der Waals surface area contributed by atoms with Crippen LogP contribution in [-0.4, -0.2) is 42.4 Å². The predicted octanol–water partition coefficient (Wildman–Crippen LogP) is 2.86. The van der Waals surface area contributed by atoms with Crippen molar-refractivity contribution in [1.82, 2.24) is 9.80 Å². The summed E-state index contributed by atoms with van der Waals surface area (Å²) in [5, 5.41) is 2.29. The molecular weight excluding hydrogens is 276 g/mol. The fourth-order valence-corrected chi connectivity index (χ4v) is 3.11. The Morgan fingerprint density at radius 1 is 1.05 bits per heavy atom. The molecule has 4 heteroatoms. The SMILES string of the molecule is CN1CCN(Cc2cccc3c2oc2ccccc23)CC1=O. The number of benzene rings is 2. The lowest BCUT2D eigenvalue weighted by Crippen LogP contribution is -2.47. The number of carbonyl (C=O) groups is 1. The third-order valence-electron chi connectivity index (χ3n) is 4.42. The van der Waals surface area contributed by atoms with Crippen LogP contribution in [0.2, 0.25) is 0 Å². The van der Waals surface area contributed by atoms with Gasteiger partial charge in [0.15, 0.2) is 0 Å². The van der Waals surface area contributed by atoms with Crippen LogP contribution in [0.15, 0.2) is 46.9 Å². The highest BCUT2D eigenvalue weighted by Crippen LogP contribution is 2.31. The number of hydrogen-bond donors (Lipinski definition) is 0. The summed E-state index contributed by atoms with van der Waals surface area (Å²) < 4.78 is 6.05. The maximum atomic E-state index is 11.9. The third-order valence-corrected chi connectivity index (χ3v) is 4.42. The van der Waals surface area contributed by atoms with Gasteiger partial charge in [-0.25, -0.2) is 0 Å². The van der Waals surface area contributed by atoms with Gasteiger partial charge in [-0.2, -0.15) is 0 Å². The first-order valence-corrected chi connectivity index (χ1v) is 7.58. The monoisotopic (exact) mass is 294 g/mol. The molecule has 0 radical (unpaired) electrons. The van der Waals surface area contributed by atoms with E-state index in [-0.39, 0.29) is 5.91 Å². The molecule has 2 heterocycles. The first kappa shape index (κ1) is 13.3. The number of likely N-dealkylation sites (N-methyl/N-ethyl adjacent to an activating group) is 1. The molecule has 0 saturated carbocycles. The molecule has 0 spiro atoms. The minimum Gasteiger partial charge on any atom is -0.456 e. The average Bonchev–Trinajstić information content (AvgIpc) is 2.91. The quantitative estimate of drug-likeness (QED) is 0.729. The van der Waals surface area contributed by atoms with Crippen molar-refractivity contribution in [3.8, 4) is 0 Å². The van der Waals surface area contributed by atoms with Crippen molar-refractivity contribution in [2.75, 3.05) is 26.7 Å². The van der Waals surface area contributed by atoms with E-state index in [9.17, 15) is 4.79 Å². The highest BCUT2D eigenvalue weighted by molar-refractivity contribution is 6.05. The van der Waals surface area contributed by atoms with E-state index in [1.165, 1.54) is 0 Å². The molecule has 0 bridgehead atoms. The first-order chi connectivity index (χ1) is 10.7. The Kier molecular flexibility index (Phi) is 3.12. The van der Waals surface area contributed by atoms with E-state index in [0.29, 0.717) is 6.54 Å². The van der Waals surface area contributed by atoms with Gasteiger partial charge in [-0.1, -0.05) is 36.4 Å². The number of fused-ring (bicyclic) bond motifs is 3. The van der Waals surface area contributed by atoms with Gasteiger partial charge in [0.05, 0.1) is 6.54 Å². The lowest BCUT2D eigenvalue weighted by molar-refractivity contribution is -0.134. The zero-order valence-corrected chi connectivity index (χ0v) is 12.6. The number of carbonyl (C=O) groups excluding carboxylic acids is 1. The summed E-state index contributed by atoms with van der Waals surface area (Å²) >= 11 is 0. The number of piperazine rings is 1. The molecule has 3 aromatic rings. The van der Waals surface area contributed by atoms with E-state index in [4.69, 9.17) is 4.42 Å². The van der Waals surface area contributed by atoms with Gasteiger partial charge in [-0.3, -0.25) is 9.69 Å². The zero-order chi connectivity index (χ0) is 15.1. The molecule has 1 aromatic heterocycles. The Labute approximate surface area is 128 Å². The maximum absolute atomic E-state index is 11.9. The Morgan fingerprint density at radius 3 is 2.73 bits per heavy atom. The van der Waals surface area contributed by atoms with Crippen LogP contribution in [0.1, 0.15) is 5.56 Å². The van der Waals surface area contributed by atoms with E-state index >= 15 is 0 Å². The second-order valence-electron chi connectivity index (χ2n) is 5.92. The van der Waals surface area contributed by atoms with E-state index < -0.39 is 0 Å². The second kappa shape index (κ2) is 5.14. The summed E-state index contributed by atoms with van der Waals surface area (Å²) in [6.45, 7) is 2.91. The number of amides is 1. The first-order valence-electron chi connectivity index (χ1n) is 7.58. The zero-order valence-electron chi connectivity index (χ0n) is 12.6. The maximum Gasteiger partial charge on any atom is 0.236 e. The number of hydrogen-bond acceptors (Lipinski definition) is 3. The van der Waals surface area contributed by atoms with Crippen molar-refractivity contribution >= 4 is 27.8 Å². The number of furan rings is 1.